The highest BCUT2D eigenvalue weighted by Gasteiger charge is 2.14. The molecule has 0 atom stereocenters. The number of carbonyl (C=O) groups is 1. The molecule has 2 heterocycles. The fourth-order valence-corrected chi connectivity index (χ4v) is 2.82. The van der Waals surface area contributed by atoms with E-state index in [-0.39, 0.29) is 5.56 Å². The summed E-state index contributed by atoms with van der Waals surface area (Å²) >= 11 is 0. The van der Waals surface area contributed by atoms with E-state index >= 15 is 0 Å². The summed E-state index contributed by atoms with van der Waals surface area (Å²) in [6, 6.07) is 14.9. The van der Waals surface area contributed by atoms with Crippen molar-refractivity contribution in [3.63, 3.8) is 0 Å². The van der Waals surface area contributed by atoms with Gasteiger partial charge in [-0.2, -0.15) is 10.1 Å². The van der Waals surface area contributed by atoms with Crippen LogP contribution in [-0.2, 0) is 7.05 Å². The molecular formula is C20H16FN5O2. The van der Waals surface area contributed by atoms with E-state index in [0.29, 0.717) is 23.1 Å². The highest BCUT2D eigenvalue weighted by atomic mass is 19.1. The molecule has 0 saturated carbocycles. The van der Waals surface area contributed by atoms with Crippen molar-refractivity contribution < 1.29 is 13.7 Å². The van der Waals surface area contributed by atoms with Crippen LogP contribution in [0.5, 0.6) is 0 Å². The van der Waals surface area contributed by atoms with Crippen molar-refractivity contribution in [2.24, 2.45) is 7.05 Å². The Morgan fingerprint density at radius 1 is 1.14 bits per heavy atom. The van der Waals surface area contributed by atoms with E-state index in [4.69, 9.17) is 4.52 Å². The van der Waals surface area contributed by atoms with Crippen molar-refractivity contribution in [1.82, 2.24) is 19.9 Å². The van der Waals surface area contributed by atoms with Crippen LogP contribution in [0.25, 0.3) is 22.8 Å². The Hall–Kier alpha value is -3.81. The molecule has 7 nitrogen and oxygen atoms in total. The minimum atomic E-state index is -0.560. The zero-order chi connectivity index (χ0) is 19.7. The number of aromatic nitrogens is 4. The monoisotopic (exact) mass is 377 g/mol. The maximum absolute atomic E-state index is 13.7. The minimum absolute atomic E-state index is 0.00161. The quantitative estimate of drug-likeness (QED) is 0.584. The van der Waals surface area contributed by atoms with Crippen LogP contribution in [0.3, 0.4) is 0 Å². The molecule has 2 aromatic heterocycles. The van der Waals surface area contributed by atoms with Gasteiger partial charge in [0.15, 0.2) is 0 Å². The van der Waals surface area contributed by atoms with Crippen molar-refractivity contribution in [3.05, 3.63) is 71.9 Å². The number of nitrogens with zero attached hydrogens (tertiary/aromatic N) is 4. The molecule has 0 spiro atoms. The lowest BCUT2D eigenvalue weighted by Gasteiger charge is -2.07. The first-order valence-electron chi connectivity index (χ1n) is 8.52. The van der Waals surface area contributed by atoms with Crippen LogP contribution in [0.2, 0.25) is 0 Å². The zero-order valence-electron chi connectivity index (χ0n) is 15.2. The predicted molar refractivity (Wildman–Crippen MR) is 101 cm³/mol. The predicted octanol–water partition coefficient (Wildman–Crippen LogP) is 3.84. The summed E-state index contributed by atoms with van der Waals surface area (Å²) in [7, 11) is 1.82. The molecular weight excluding hydrogens is 361 g/mol. The molecule has 4 aromatic rings. The first-order chi connectivity index (χ1) is 13.5. The van der Waals surface area contributed by atoms with E-state index in [0.717, 1.165) is 11.3 Å². The van der Waals surface area contributed by atoms with Gasteiger partial charge in [0.2, 0.25) is 11.7 Å². The summed E-state index contributed by atoms with van der Waals surface area (Å²) in [4.78, 5) is 16.4. The summed E-state index contributed by atoms with van der Waals surface area (Å²) in [5, 5.41) is 11.0. The molecule has 0 aliphatic carbocycles. The summed E-state index contributed by atoms with van der Waals surface area (Å²) in [6.45, 7) is 1.72. The van der Waals surface area contributed by atoms with Gasteiger partial charge in [-0.25, -0.2) is 4.39 Å². The van der Waals surface area contributed by atoms with Crippen LogP contribution in [0.1, 0.15) is 16.2 Å². The van der Waals surface area contributed by atoms with Gasteiger partial charge in [0.1, 0.15) is 11.5 Å². The van der Waals surface area contributed by atoms with Gasteiger partial charge in [-0.3, -0.25) is 9.48 Å². The van der Waals surface area contributed by atoms with Gasteiger partial charge in [0.25, 0.3) is 5.91 Å². The second-order valence-electron chi connectivity index (χ2n) is 6.19. The number of rotatable bonds is 4. The average molecular weight is 377 g/mol. The number of halogens is 1. The smallest absolute Gasteiger partial charge is 0.258 e. The van der Waals surface area contributed by atoms with E-state index in [1.54, 1.807) is 35.9 Å². The Morgan fingerprint density at radius 3 is 2.57 bits per heavy atom. The molecule has 0 fully saturated rings. The third kappa shape index (κ3) is 3.39. The number of nitrogens with one attached hydrogen (secondary N) is 1. The third-order valence-corrected chi connectivity index (χ3v) is 4.19. The molecule has 140 valence electrons. The standard InChI is InChI=1S/C20H16FN5O2/c1-12-22-19(25-28-12)17-11-18(26(2)24-17)13-7-9-14(10-8-13)23-20(27)15-5-3-4-6-16(15)21/h3-11H,1-2H3,(H,23,27). The van der Waals surface area contributed by atoms with Crippen molar-refractivity contribution >= 4 is 11.6 Å². The van der Waals surface area contributed by atoms with Crippen molar-refractivity contribution in [2.75, 3.05) is 5.32 Å². The Labute approximate surface area is 159 Å². The molecule has 1 N–H and O–H groups in total. The van der Waals surface area contributed by atoms with Crippen molar-refractivity contribution in [3.8, 4) is 22.8 Å². The van der Waals surface area contributed by atoms with Crippen LogP contribution >= 0.6 is 0 Å². The Bertz CT molecular complexity index is 1150. The van der Waals surface area contributed by atoms with Crippen LogP contribution in [0, 0.1) is 12.7 Å². The molecule has 1 amide bonds. The number of anilines is 1. The Balaban J connectivity index is 1.55. The van der Waals surface area contributed by atoms with Gasteiger partial charge in [-0.15, -0.1) is 0 Å². The SMILES string of the molecule is Cc1nc(-c2cc(-c3ccc(NC(=O)c4ccccc4F)cc3)n(C)n2)no1. The van der Waals surface area contributed by atoms with Gasteiger partial charge in [-0.05, 0) is 35.9 Å². The molecule has 28 heavy (non-hydrogen) atoms. The van der Waals surface area contributed by atoms with E-state index in [1.165, 1.54) is 12.1 Å². The van der Waals surface area contributed by atoms with E-state index in [1.807, 2.05) is 25.2 Å². The molecule has 0 bridgehead atoms. The lowest BCUT2D eigenvalue weighted by Crippen LogP contribution is -2.13. The maximum Gasteiger partial charge on any atom is 0.258 e. The number of amides is 1. The van der Waals surface area contributed by atoms with E-state index in [9.17, 15) is 9.18 Å². The molecule has 0 radical (unpaired) electrons. The highest BCUT2D eigenvalue weighted by Crippen LogP contribution is 2.25. The lowest BCUT2D eigenvalue weighted by molar-refractivity contribution is 0.102. The first kappa shape index (κ1) is 17.6. The molecule has 0 aliphatic heterocycles. The molecule has 0 unspecified atom stereocenters. The van der Waals surface area contributed by atoms with Gasteiger partial charge < -0.3 is 9.84 Å². The number of hydrogen-bond acceptors (Lipinski definition) is 5. The molecule has 0 aliphatic rings. The first-order valence-corrected chi connectivity index (χ1v) is 8.52. The van der Waals surface area contributed by atoms with Crippen LogP contribution < -0.4 is 5.32 Å². The van der Waals surface area contributed by atoms with Crippen molar-refractivity contribution in [2.45, 2.75) is 6.92 Å². The largest absolute Gasteiger partial charge is 0.339 e. The third-order valence-electron chi connectivity index (χ3n) is 4.19. The minimum Gasteiger partial charge on any atom is -0.339 e. The van der Waals surface area contributed by atoms with Gasteiger partial charge in [0, 0.05) is 19.7 Å². The number of benzene rings is 2. The topological polar surface area (TPSA) is 85.8 Å². The highest BCUT2D eigenvalue weighted by molar-refractivity contribution is 6.04. The summed E-state index contributed by atoms with van der Waals surface area (Å²) in [6.07, 6.45) is 0. The second kappa shape index (κ2) is 7.07. The van der Waals surface area contributed by atoms with Gasteiger partial charge in [-0.1, -0.05) is 29.4 Å². The fraction of sp³-hybridized carbons (Fsp3) is 0.100. The maximum atomic E-state index is 13.7. The molecule has 8 heteroatoms. The van der Waals surface area contributed by atoms with Crippen LogP contribution in [0.4, 0.5) is 10.1 Å². The van der Waals surface area contributed by atoms with E-state index in [2.05, 4.69) is 20.6 Å². The zero-order valence-corrected chi connectivity index (χ0v) is 15.2. The van der Waals surface area contributed by atoms with Crippen LogP contribution in [-0.4, -0.2) is 25.8 Å². The lowest BCUT2D eigenvalue weighted by atomic mass is 10.1. The van der Waals surface area contributed by atoms with Gasteiger partial charge in [0.05, 0.1) is 11.3 Å². The van der Waals surface area contributed by atoms with E-state index < -0.39 is 11.7 Å². The van der Waals surface area contributed by atoms with Crippen molar-refractivity contribution in [1.29, 1.82) is 0 Å². The summed E-state index contributed by atoms with van der Waals surface area (Å²) in [5.74, 6) is -0.165. The molecule has 0 saturated heterocycles. The number of carbonyl (C=O) groups excluding carboxylic acids is 1. The average Bonchev–Trinajstić information content (AvgIpc) is 3.28. The normalized spacial score (nSPS) is 10.8. The summed E-state index contributed by atoms with van der Waals surface area (Å²) in [5.41, 5.74) is 2.91. The molecule has 2 aromatic carbocycles. The number of aryl methyl sites for hydroxylation is 2. The number of hydrogen-bond donors (Lipinski definition) is 1. The Morgan fingerprint density at radius 2 is 1.89 bits per heavy atom. The second-order valence-corrected chi connectivity index (χ2v) is 6.19. The Kier molecular flexibility index (Phi) is 4.44. The fourth-order valence-electron chi connectivity index (χ4n) is 2.82. The van der Waals surface area contributed by atoms with Crippen LogP contribution in [0.15, 0.2) is 59.1 Å². The summed E-state index contributed by atoms with van der Waals surface area (Å²) < 4.78 is 20.4. The molecule has 4 rings (SSSR count). The van der Waals surface area contributed by atoms with Gasteiger partial charge >= 0.3 is 0 Å².